The molecule has 7 nitrogen and oxygen atoms in total. The number of nitrogens with zero attached hydrogens (tertiary/aromatic N) is 2. The molecular weight excluding hydrogens is 260 g/mol. The lowest BCUT2D eigenvalue weighted by Crippen LogP contribution is -2.55. The van der Waals surface area contributed by atoms with Gasteiger partial charge in [-0.2, -0.15) is 0 Å². The Morgan fingerprint density at radius 1 is 1.40 bits per heavy atom. The number of piperazine rings is 1. The Morgan fingerprint density at radius 2 is 2.00 bits per heavy atom. The van der Waals surface area contributed by atoms with Crippen molar-refractivity contribution in [1.29, 1.82) is 0 Å². The van der Waals surface area contributed by atoms with Crippen molar-refractivity contribution in [2.24, 2.45) is 0 Å². The van der Waals surface area contributed by atoms with Gasteiger partial charge in [-0.1, -0.05) is 0 Å². The van der Waals surface area contributed by atoms with Crippen LogP contribution in [0.5, 0.6) is 0 Å². The summed E-state index contributed by atoms with van der Waals surface area (Å²) in [5.74, 6) is -0.258. The first-order chi connectivity index (χ1) is 9.38. The molecule has 0 spiro atoms. The summed E-state index contributed by atoms with van der Waals surface area (Å²) in [7, 11) is 0. The number of nitrogens with two attached hydrogens (primary N) is 1. The van der Waals surface area contributed by atoms with Crippen molar-refractivity contribution in [1.82, 2.24) is 10.2 Å². The minimum atomic E-state index is -0.529. The lowest BCUT2D eigenvalue weighted by Gasteiger charge is -2.36. The maximum Gasteiger partial charge on any atom is 0.270 e. The van der Waals surface area contributed by atoms with Crippen LogP contribution in [0.15, 0.2) is 18.2 Å². The highest BCUT2D eigenvalue weighted by atomic mass is 16.6. The maximum absolute atomic E-state index is 12.5. The van der Waals surface area contributed by atoms with Crippen LogP contribution in [0.2, 0.25) is 0 Å². The number of nitro benzene ring substituents is 1. The molecule has 7 heteroatoms. The molecule has 1 aliphatic heterocycles. The van der Waals surface area contributed by atoms with E-state index in [0.717, 1.165) is 0 Å². The number of non-ortho nitro benzene ring substituents is 1. The van der Waals surface area contributed by atoms with Crippen LogP contribution in [0, 0.1) is 10.1 Å². The first-order valence-corrected chi connectivity index (χ1v) is 6.47. The van der Waals surface area contributed by atoms with Gasteiger partial charge in [-0.05, 0) is 19.9 Å². The van der Waals surface area contributed by atoms with Crippen LogP contribution in [0.1, 0.15) is 24.2 Å². The highest BCUT2D eigenvalue weighted by Crippen LogP contribution is 2.22. The van der Waals surface area contributed by atoms with E-state index in [4.69, 9.17) is 5.73 Å². The SMILES string of the molecule is CC1CN(C(=O)c2cc([N+](=O)[O-])ccc2N)CC(C)N1. The normalized spacial score (nSPS) is 22.6. The third-order valence-electron chi connectivity index (χ3n) is 3.32. The van der Waals surface area contributed by atoms with Crippen LogP contribution in [0.3, 0.4) is 0 Å². The Hall–Kier alpha value is -2.15. The van der Waals surface area contributed by atoms with Gasteiger partial charge in [0.05, 0.1) is 10.5 Å². The smallest absolute Gasteiger partial charge is 0.270 e. The molecule has 1 aromatic rings. The van der Waals surface area contributed by atoms with Crippen LogP contribution in [-0.2, 0) is 0 Å². The van der Waals surface area contributed by atoms with Gasteiger partial charge in [-0.15, -0.1) is 0 Å². The van der Waals surface area contributed by atoms with Crippen LogP contribution in [0.4, 0.5) is 11.4 Å². The number of carbonyl (C=O) groups excluding carboxylic acids is 1. The van der Waals surface area contributed by atoms with E-state index in [-0.39, 0.29) is 34.9 Å². The van der Waals surface area contributed by atoms with E-state index < -0.39 is 4.92 Å². The van der Waals surface area contributed by atoms with E-state index >= 15 is 0 Å². The monoisotopic (exact) mass is 278 g/mol. The lowest BCUT2D eigenvalue weighted by atomic mass is 10.1. The van der Waals surface area contributed by atoms with Crippen LogP contribution in [0.25, 0.3) is 0 Å². The molecule has 0 aromatic heterocycles. The Balaban J connectivity index is 2.28. The number of anilines is 1. The summed E-state index contributed by atoms with van der Waals surface area (Å²) in [5.41, 5.74) is 6.11. The number of carbonyl (C=O) groups is 1. The number of rotatable bonds is 2. The van der Waals surface area contributed by atoms with Gasteiger partial charge in [0.1, 0.15) is 0 Å². The number of hydrogen-bond acceptors (Lipinski definition) is 5. The molecule has 0 radical (unpaired) electrons. The summed E-state index contributed by atoms with van der Waals surface area (Å²) in [4.78, 5) is 24.4. The number of amides is 1. The minimum absolute atomic E-state index is 0.126. The molecule has 2 unspecified atom stereocenters. The van der Waals surface area contributed by atoms with E-state index in [2.05, 4.69) is 5.32 Å². The van der Waals surface area contributed by atoms with Crippen LogP contribution >= 0.6 is 0 Å². The number of nitro groups is 1. The molecule has 2 atom stereocenters. The zero-order valence-corrected chi connectivity index (χ0v) is 11.5. The predicted molar refractivity (Wildman–Crippen MR) is 75.5 cm³/mol. The first-order valence-electron chi connectivity index (χ1n) is 6.47. The molecule has 20 heavy (non-hydrogen) atoms. The summed E-state index contributed by atoms with van der Waals surface area (Å²) in [6, 6.07) is 4.31. The van der Waals surface area contributed by atoms with Gasteiger partial charge >= 0.3 is 0 Å². The van der Waals surface area contributed by atoms with Gasteiger partial charge in [-0.25, -0.2) is 0 Å². The molecule has 0 bridgehead atoms. The van der Waals surface area contributed by atoms with Gasteiger partial charge < -0.3 is 16.0 Å². The third-order valence-corrected chi connectivity index (χ3v) is 3.32. The third kappa shape index (κ3) is 2.88. The van der Waals surface area contributed by atoms with Crippen molar-refractivity contribution in [2.75, 3.05) is 18.8 Å². The van der Waals surface area contributed by atoms with Crippen LogP contribution < -0.4 is 11.1 Å². The number of nitrogens with one attached hydrogen (secondary N) is 1. The zero-order valence-electron chi connectivity index (χ0n) is 11.5. The summed E-state index contributed by atoms with van der Waals surface area (Å²) in [6.45, 7) is 5.11. The Bertz CT molecular complexity index is 536. The average Bonchev–Trinajstić information content (AvgIpc) is 2.37. The van der Waals surface area contributed by atoms with Crippen molar-refractivity contribution >= 4 is 17.3 Å². The van der Waals surface area contributed by atoms with Crippen molar-refractivity contribution in [2.45, 2.75) is 25.9 Å². The van der Waals surface area contributed by atoms with Crippen molar-refractivity contribution in [3.05, 3.63) is 33.9 Å². The molecule has 0 saturated carbocycles. The molecule has 1 aliphatic rings. The second-order valence-electron chi connectivity index (χ2n) is 5.21. The lowest BCUT2D eigenvalue weighted by molar-refractivity contribution is -0.384. The highest BCUT2D eigenvalue weighted by molar-refractivity contribution is 5.99. The summed E-state index contributed by atoms with van der Waals surface area (Å²) in [5, 5.41) is 14.1. The maximum atomic E-state index is 12.5. The fourth-order valence-electron chi connectivity index (χ4n) is 2.51. The van der Waals surface area contributed by atoms with E-state index in [0.29, 0.717) is 13.1 Å². The number of hydrogen-bond donors (Lipinski definition) is 2. The molecule has 1 heterocycles. The Morgan fingerprint density at radius 3 is 2.55 bits per heavy atom. The Labute approximate surface area is 116 Å². The molecule has 1 saturated heterocycles. The number of nitrogen functional groups attached to an aromatic ring is 1. The first kappa shape index (κ1) is 14.3. The number of benzene rings is 1. The second-order valence-corrected chi connectivity index (χ2v) is 5.21. The van der Waals surface area contributed by atoms with Gasteiger partial charge in [0.25, 0.3) is 11.6 Å². The molecule has 2 rings (SSSR count). The van der Waals surface area contributed by atoms with E-state index in [9.17, 15) is 14.9 Å². The zero-order chi connectivity index (χ0) is 14.9. The molecule has 1 amide bonds. The van der Waals surface area contributed by atoms with Gasteiger partial charge in [0.15, 0.2) is 0 Å². The summed E-state index contributed by atoms with van der Waals surface area (Å²) < 4.78 is 0. The molecular formula is C13H18N4O3. The van der Waals surface area contributed by atoms with E-state index in [1.54, 1.807) is 4.90 Å². The highest BCUT2D eigenvalue weighted by Gasteiger charge is 2.27. The topological polar surface area (TPSA) is 102 Å². The fraction of sp³-hybridized carbons (Fsp3) is 0.462. The Kier molecular flexibility index (Phi) is 3.89. The van der Waals surface area contributed by atoms with Gasteiger partial charge in [-0.3, -0.25) is 14.9 Å². The molecule has 0 aliphatic carbocycles. The van der Waals surface area contributed by atoms with Gasteiger partial charge in [0.2, 0.25) is 0 Å². The van der Waals surface area contributed by atoms with E-state index in [1.165, 1.54) is 18.2 Å². The largest absolute Gasteiger partial charge is 0.398 e. The fourth-order valence-corrected chi connectivity index (χ4v) is 2.51. The van der Waals surface area contributed by atoms with Crippen LogP contribution in [-0.4, -0.2) is 40.9 Å². The summed E-state index contributed by atoms with van der Waals surface area (Å²) in [6.07, 6.45) is 0. The average molecular weight is 278 g/mol. The quantitative estimate of drug-likeness (QED) is 0.477. The second kappa shape index (κ2) is 5.46. The van der Waals surface area contributed by atoms with Crippen molar-refractivity contribution < 1.29 is 9.72 Å². The van der Waals surface area contributed by atoms with Gasteiger partial charge in [0, 0.05) is 43.0 Å². The molecule has 1 fully saturated rings. The predicted octanol–water partition coefficient (Wildman–Crippen LogP) is 0.999. The molecule has 3 N–H and O–H groups in total. The summed E-state index contributed by atoms with van der Waals surface area (Å²) >= 11 is 0. The minimum Gasteiger partial charge on any atom is -0.398 e. The molecule has 1 aromatic carbocycles. The molecule has 108 valence electrons. The standard InChI is InChI=1S/C13H18N4O3/c1-8-6-16(7-9(2)15-8)13(18)11-5-10(17(19)20)3-4-12(11)14/h3-5,8-9,15H,6-7,14H2,1-2H3. The van der Waals surface area contributed by atoms with Crippen molar-refractivity contribution in [3.8, 4) is 0 Å². The van der Waals surface area contributed by atoms with Crippen molar-refractivity contribution in [3.63, 3.8) is 0 Å². The van der Waals surface area contributed by atoms with E-state index in [1.807, 2.05) is 13.8 Å².